The molecule has 0 spiro atoms. The van der Waals surface area contributed by atoms with Crippen molar-refractivity contribution in [1.29, 1.82) is 0 Å². The van der Waals surface area contributed by atoms with Gasteiger partial charge in [-0.25, -0.2) is 4.98 Å². The van der Waals surface area contributed by atoms with Gasteiger partial charge in [-0.05, 0) is 37.8 Å². The van der Waals surface area contributed by atoms with E-state index in [1.165, 1.54) is 0 Å². The lowest BCUT2D eigenvalue weighted by Gasteiger charge is -2.28. The van der Waals surface area contributed by atoms with Crippen molar-refractivity contribution < 1.29 is 0 Å². The Morgan fingerprint density at radius 2 is 1.86 bits per heavy atom. The highest BCUT2D eigenvalue weighted by atomic mass is 15.0. The Bertz CT molecular complexity index is 290. The number of hydrogen-bond acceptors (Lipinski definition) is 4. The smallest absolute Gasteiger partial charge is 0.197 e. The zero-order chi connectivity index (χ0) is 10.1. The van der Waals surface area contributed by atoms with Crippen LogP contribution < -0.4 is 17.2 Å². The van der Waals surface area contributed by atoms with Gasteiger partial charge >= 0.3 is 0 Å². The Morgan fingerprint density at radius 1 is 1.21 bits per heavy atom. The number of nitrogens with one attached hydrogen (secondary N) is 1. The van der Waals surface area contributed by atoms with Gasteiger partial charge in [0.25, 0.3) is 0 Å². The normalized spacial score (nSPS) is 26.1. The summed E-state index contributed by atoms with van der Waals surface area (Å²) in [5, 5.41) is 0. The summed E-state index contributed by atoms with van der Waals surface area (Å²) in [6.45, 7) is 1.36. The summed E-state index contributed by atoms with van der Waals surface area (Å²) in [5.74, 6) is 1.42. The molecule has 5 heteroatoms. The fourth-order valence-corrected chi connectivity index (χ4v) is 2.20. The summed E-state index contributed by atoms with van der Waals surface area (Å²) in [7, 11) is 0. The van der Waals surface area contributed by atoms with Gasteiger partial charge in [-0.2, -0.15) is 0 Å². The number of hydrogen-bond donors (Lipinski definition) is 4. The molecule has 1 aromatic heterocycles. The average molecular weight is 195 g/mol. The first-order valence-electron chi connectivity index (χ1n) is 4.98. The molecule has 0 radical (unpaired) electrons. The summed E-state index contributed by atoms with van der Waals surface area (Å²) in [6, 6.07) is 0. The number of nitrogens with zero attached hydrogens (tertiary/aromatic N) is 1. The lowest BCUT2D eigenvalue weighted by Crippen LogP contribution is -2.35. The zero-order valence-electron chi connectivity index (χ0n) is 8.16. The van der Waals surface area contributed by atoms with Crippen LogP contribution in [0.15, 0.2) is 0 Å². The third kappa shape index (κ3) is 1.49. The van der Waals surface area contributed by atoms with Crippen LogP contribution in [0.4, 0.5) is 5.95 Å². The molecule has 7 N–H and O–H groups in total. The molecule has 0 bridgehead atoms. The standard InChI is InChI=1S/C9H17N5/c10-3-5-1-7-8(2-6(5)4-11)14-9(12)13-7/h5-6H,1-4,10-11H2,(H3,12,13,14)/t5-,6+. The predicted octanol–water partition coefficient (Wildman–Crippen LogP) is -0.760. The Morgan fingerprint density at radius 3 is 2.50 bits per heavy atom. The fraction of sp³-hybridized carbons (Fsp3) is 0.667. The Kier molecular flexibility index (Phi) is 2.43. The predicted molar refractivity (Wildman–Crippen MR) is 55.5 cm³/mol. The molecule has 0 aliphatic heterocycles. The van der Waals surface area contributed by atoms with Crippen molar-refractivity contribution in [3.63, 3.8) is 0 Å². The molecular formula is C9H17N5. The number of fused-ring (bicyclic) bond motifs is 1. The maximum absolute atomic E-state index is 5.71. The quantitative estimate of drug-likeness (QED) is 0.497. The maximum atomic E-state index is 5.71. The van der Waals surface area contributed by atoms with Crippen LogP contribution in [-0.4, -0.2) is 23.1 Å². The van der Waals surface area contributed by atoms with E-state index in [4.69, 9.17) is 17.2 Å². The molecule has 2 atom stereocenters. The van der Waals surface area contributed by atoms with Gasteiger partial charge in [0.05, 0.1) is 5.69 Å². The first-order chi connectivity index (χ1) is 6.74. The van der Waals surface area contributed by atoms with Crippen molar-refractivity contribution in [2.45, 2.75) is 12.8 Å². The lowest BCUT2D eigenvalue weighted by atomic mass is 9.80. The lowest BCUT2D eigenvalue weighted by molar-refractivity contribution is 0.318. The van der Waals surface area contributed by atoms with Crippen molar-refractivity contribution in [2.24, 2.45) is 23.3 Å². The van der Waals surface area contributed by atoms with E-state index >= 15 is 0 Å². The fourth-order valence-electron chi connectivity index (χ4n) is 2.20. The second-order valence-electron chi connectivity index (χ2n) is 3.95. The first-order valence-corrected chi connectivity index (χ1v) is 4.98. The van der Waals surface area contributed by atoms with Crippen molar-refractivity contribution in [3.05, 3.63) is 11.4 Å². The second kappa shape index (κ2) is 3.59. The molecule has 78 valence electrons. The molecule has 1 aromatic rings. The Labute approximate surface area is 83.1 Å². The number of rotatable bonds is 2. The van der Waals surface area contributed by atoms with E-state index in [1.54, 1.807) is 0 Å². The van der Waals surface area contributed by atoms with E-state index in [0.29, 0.717) is 30.9 Å². The molecule has 1 aliphatic rings. The van der Waals surface area contributed by atoms with Crippen molar-refractivity contribution in [3.8, 4) is 0 Å². The van der Waals surface area contributed by atoms with Gasteiger partial charge in [-0.3, -0.25) is 0 Å². The second-order valence-corrected chi connectivity index (χ2v) is 3.95. The van der Waals surface area contributed by atoms with Crippen molar-refractivity contribution in [1.82, 2.24) is 9.97 Å². The molecule has 0 amide bonds. The van der Waals surface area contributed by atoms with Gasteiger partial charge < -0.3 is 22.2 Å². The minimum absolute atomic E-state index is 0.454. The van der Waals surface area contributed by atoms with Gasteiger partial charge in [0.2, 0.25) is 0 Å². The number of anilines is 1. The van der Waals surface area contributed by atoms with Crippen LogP contribution in [0.3, 0.4) is 0 Å². The number of nitrogens with two attached hydrogens (primary N) is 3. The molecule has 0 aromatic carbocycles. The monoisotopic (exact) mass is 195 g/mol. The van der Waals surface area contributed by atoms with Gasteiger partial charge in [-0.15, -0.1) is 0 Å². The average Bonchev–Trinajstić information content (AvgIpc) is 2.54. The third-order valence-electron chi connectivity index (χ3n) is 3.08. The van der Waals surface area contributed by atoms with Crippen molar-refractivity contribution in [2.75, 3.05) is 18.8 Å². The molecular weight excluding hydrogens is 178 g/mol. The topological polar surface area (TPSA) is 107 Å². The van der Waals surface area contributed by atoms with E-state index in [9.17, 15) is 0 Å². The highest BCUT2D eigenvalue weighted by Crippen LogP contribution is 2.28. The Balaban J connectivity index is 2.24. The zero-order valence-corrected chi connectivity index (χ0v) is 8.16. The number of nitrogen functional groups attached to an aromatic ring is 1. The molecule has 1 aliphatic carbocycles. The molecule has 2 rings (SSSR count). The molecule has 0 unspecified atom stereocenters. The number of imidazole rings is 1. The van der Waals surface area contributed by atoms with Crippen LogP contribution in [0.1, 0.15) is 11.4 Å². The SMILES string of the molecule is NC[C@@H]1Cc2nc(N)[nH]c2C[C@@H]1CN. The minimum Gasteiger partial charge on any atom is -0.369 e. The van der Waals surface area contributed by atoms with Crippen LogP contribution in [0, 0.1) is 11.8 Å². The van der Waals surface area contributed by atoms with Crippen LogP contribution in [0.2, 0.25) is 0 Å². The summed E-state index contributed by atoms with van der Waals surface area (Å²) in [4.78, 5) is 7.32. The van der Waals surface area contributed by atoms with E-state index in [2.05, 4.69) is 9.97 Å². The van der Waals surface area contributed by atoms with Crippen molar-refractivity contribution >= 4 is 5.95 Å². The summed E-state index contributed by atoms with van der Waals surface area (Å²) < 4.78 is 0. The van der Waals surface area contributed by atoms with E-state index in [0.717, 1.165) is 24.2 Å². The molecule has 0 saturated carbocycles. The highest BCUT2D eigenvalue weighted by molar-refractivity contribution is 5.28. The molecule has 14 heavy (non-hydrogen) atoms. The molecule has 0 saturated heterocycles. The molecule has 0 fully saturated rings. The van der Waals surface area contributed by atoms with Crippen LogP contribution in [0.5, 0.6) is 0 Å². The Hall–Kier alpha value is -1.07. The largest absolute Gasteiger partial charge is 0.369 e. The number of aromatic nitrogens is 2. The highest BCUT2D eigenvalue weighted by Gasteiger charge is 2.28. The summed E-state index contributed by atoms with van der Waals surface area (Å²) in [6.07, 6.45) is 1.83. The summed E-state index contributed by atoms with van der Waals surface area (Å²) in [5.41, 5.74) is 19.2. The van der Waals surface area contributed by atoms with Gasteiger partial charge in [0.15, 0.2) is 5.95 Å². The van der Waals surface area contributed by atoms with E-state index in [-0.39, 0.29) is 0 Å². The van der Waals surface area contributed by atoms with Gasteiger partial charge in [0.1, 0.15) is 0 Å². The van der Waals surface area contributed by atoms with E-state index < -0.39 is 0 Å². The minimum atomic E-state index is 0.454. The maximum Gasteiger partial charge on any atom is 0.197 e. The number of H-pyrrole nitrogens is 1. The molecule has 1 heterocycles. The summed E-state index contributed by atoms with van der Waals surface area (Å²) >= 11 is 0. The number of aromatic amines is 1. The van der Waals surface area contributed by atoms with Crippen LogP contribution in [-0.2, 0) is 12.8 Å². The third-order valence-corrected chi connectivity index (χ3v) is 3.08. The van der Waals surface area contributed by atoms with Gasteiger partial charge in [0, 0.05) is 5.69 Å². The first kappa shape index (κ1) is 9.48. The van der Waals surface area contributed by atoms with Crippen LogP contribution in [0.25, 0.3) is 0 Å². The molecule has 5 nitrogen and oxygen atoms in total. The van der Waals surface area contributed by atoms with E-state index in [1.807, 2.05) is 0 Å². The van der Waals surface area contributed by atoms with Crippen LogP contribution >= 0.6 is 0 Å². The van der Waals surface area contributed by atoms with Gasteiger partial charge in [-0.1, -0.05) is 0 Å².